The van der Waals surface area contributed by atoms with E-state index in [2.05, 4.69) is 27.7 Å². The number of aliphatic hydroxyl groups is 2. The molecule has 0 saturated heterocycles. The summed E-state index contributed by atoms with van der Waals surface area (Å²) < 4.78 is 0. The number of Topliss-reactive ketones (excluding diaryl/α,β-unsaturated/α-hetero) is 1. The monoisotopic (exact) mass is 451 g/mol. The molecule has 0 aromatic heterocycles. The molecule has 31 heavy (non-hydrogen) atoms. The number of ketones is 1. The Labute approximate surface area is 192 Å². The van der Waals surface area contributed by atoms with Crippen molar-refractivity contribution in [2.45, 2.75) is 91.3 Å². The number of aliphatic hydroxyl groups excluding tert-OH is 2. The van der Waals surface area contributed by atoms with Crippen LogP contribution in [0, 0.1) is 29.1 Å². The van der Waals surface area contributed by atoms with Gasteiger partial charge in [-0.25, -0.2) is 0 Å². The van der Waals surface area contributed by atoms with Gasteiger partial charge >= 0.3 is 0 Å². The molecule has 176 valence electrons. The average Bonchev–Trinajstić information content (AvgIpc) is 3.31. The third-order valence-electron chi connectivity index (χ3n) is 7.45. The molecular weight excluding hydrogens is 410 g/mol. The van der Waals surface area contributed by atoms with Crippen molar-refractivity contribution in [3.05, 3.63) is 11.3 Å². The Balaban J connectivity index is 1.72. The maximum atomic E-state index is 13.2. The van der Waals surface area contributed by atoms with Crippen molar-refractivity contribution in [1.82, 2.24) is 4.90 Å². The van der Waals surface area contributed by atoms with Crippen LogP contribution in [0.25, 0.3) is 0 Å². The lowest BCUT2D eigenvalue weighted by Gasteiger charge is -2.31. The van der Waals surface area contributed by atoms with Gasteiger partial charge in [-0.05, 0) is 73.2 Å². The molecule has 2 bridgehead atoms. The van der Waals surface area contributed by atoms with Crippen molar-refractivity contribution in [2.75, 3.05) is 12.0 Å². The van der Waals surface area contributed by atoms with E-state index in [4.69, 9.17) is 0 Å². The first kappa shape index (κ1) is 24.6. The summed E-state index contributed by atoms with van der Waals surface area (Å²) in [5, 5.41) is 22.0. The van der Waals surface area contributed by atoms with Crippen LogP contribution in [0.5, 0.6) is 0 Å². The molecule has 3 aliphatic rings. The quantitative estimate of drug-likeness (QED) is 0.519. The number of thioether (sulfide) groups is 1. The number of nitrogens with zero attached hydrogens (tertiary/aromatic N) is 1. The van der Waals surface area contributed by atoms with Gasteiger partial charge in [-0.15, -0.1) is 0 Å². The zero-order valence-electron chi connectivity index (χ0n) is 19.9. The number of fused-ring (bicyclic) bond motifs is 2. The first-order valence-electron chi connectivity index (χ1n) is 12.0. The zero-order valence-corrected chi connectivity index (χ0v) is 20.7. The second-order valence-electron chi connectivity index (χ2n) is 11.4. The number of carbonyl (C=O) groups is 2. The van der Waals surface area contributed by atoms with Gasteiger partial charge in [0.1, 0.15) is 5.76 Å². The van der Waals surface area contributed by atoms with Crippen molar-refractivity contribution in [2.24, 2.45) is 29.1 Å². The topological polar surface area (TPSA) is 77.8 Å². The number of hydrogen-bond acceptors (Lipinski definition) is 5. The van der Waals surface area contributed by atoms with Crippen LogP contribution in [0.4, 0.5) is 0 Å². The Morgan fingerprint density at radius 2 is 1.94 bits per heavy atom. The molecule has 0 radical (unpaired) electrons. The molecule has 3 rings (SSSR count). The minimum atomic E-state index is -1.33. The second kappa shape index (κ2) is 9.86. The van der Waals surface area contributed by atoms with E-state index >= 15 is 0 Å². The van der Waals surface area contributed by atoms with Crippen LogP contribution in [0.3, 0.4) is 0 Å². The summed E-state index contributed by atoms with van der Waals surface area (Å²) in [5.41, 5.74) is 0.190. The van der Waals surface area contributed by atoms with Gasteiger partial charge < -0.3 is 15.1 Å². The highest BCUT2D eigenvalue weighted by Gasteiger charge is 2.47. The van der Waals surface area contributed by atoms with Gasteiger partial charge in [-0.3, -0.25) is 9.59 Å². The maximum absolute atomic E-state index is 13.2. The Bertz CT molecular complexity index is 713. The Morgan fingerprint density at radius 3 is 2.48 bits per heavy atom. The summed E-state index contributed by atoms with van der Waals surface area (Å²) in [5.74, 6) is 2.20. The normalized spacial score (nSPS) is 31.5. The summed E-state index contributed by atoms with van der Waals surface area (Å²) in [4.78, 5) is 27.8. The highest BCUT2D eigenvalue weighted by atomic mass is 32.2. The molecule has 1 aliphatic heterocycles. The number of carbonyl (C=O) groups excluding carboxylic acids is 2. The largest absolute Gasteiger partial charge is 0.510 e. The first-order chi connectivity index (χ1) is 14.5. The lowest BCUT2D eigenvalue weighted by atomic mass is 9.83. The summed E-state index contributed by atoms with van der Waals surface area (Å²) in [7, 11) is 0. The van der Waals surface area contributed by atoms with Crippen LogP contribution in [0.15, 0.2) is 11.3 Å². The van der Waals surface area contributed by atoms with Gasteiger partial charge in [0.15, 0.2) is 12.0 Å². The molecule has 1 heterocycles. The highest BCUT2D eigenvalue weighted by molar-refractivity contribution is 7.98. The van der Waals surface area contributed by atoms with E-state index in [1.165, 1.54) is 24.2 Å². The number of amides is 1. The Hall–Kier alpha value is -1.01. The molecule has 0 spiro atoms. The average molecular weight is 452 g/mol. The molecule has 1 amide bonds. The maximum Gasteiger partial charge on any atom is 0.225 e. The first-order valence-corrected chi connectivity index (χ1v) is 13.4. The molecule has 6 heteroatoms. The predicted molar refractivity (Wildman–Crippen MR) is 126 cm³/mol. The van der Waals surface area contributed by atoms with Crippen molar-refractivity contribution in [1.29, 1.82) is 0 Å². The van der Waals surface area contributed by atoms with Crippen molar-refractivity contribution >= 4 is 23.5 Å². The van der Waals surface area contributed by atoms with Crippen LogP contribution >= 0.6 is 11.8 Å². The molecule has 6 unspecified atom stereocenters. The van der Waals surface area contributed by atoms with Gasteiger partial charge in [0.2, 0.25) is 5.91 Å². The second-order valence-corrected chi connectivity index (χ2v) is 12.4. The van der Waals surface area contributed by atoms with Crippen LogP contribution < -0.4 is 0 Å². The van der Waals surface area contributed by atoms with Gasteiger partial charge in [0.05, 0.1) is 11.6 Å². The molecule has 0 aromatic carbocycles. The number of hydrogen-bond donors (Lipinski definition) is 2. The molecule has 2 saturated carbocycles. The van der Waals surface area contributed by atoms with E-state index < -0.39 is 12.3 Å². The molecule has 5 nitrogen and oxygen atoms in total. The molecular formula is C25H41NO4S. The number of rotatable bonds is 9. The minimum Gasteiger partial charge on any atom is -0.510 e. The van der Waals surface area contributed by atoms with E-state index in [1.54, 1.807) is 11.8 Å². The minimum absolute atomic E-state index is 0.0747. The fourth-order valence-electron chi connectivity index (χ4n) is 6.35. The molecule has 0 aromatic rings. The van der Waals surface area contributed by atoms with Crippen molar-refractivity contribution in [3.8, 4) is 0 Å². The van der Waals surface area contributed by atoms with Crippen LogP contribution in [0.1, 0.15) is 79.1 Å². The highest BCUT2D eigenvalue weighted by Crippen LogP contribution is 2.50. The molecule has 2 N–H and O–H groups in total. The van der Waals surface area contributed by atoms with E-state index in [9.17, 15) is 19.8 Å². The third-order valence-corrected chi connectivity index (χ3v) is 8.09. The smallest absolute Gasteiger partial charge is 0.225 e. The van der Waals surface area contributed by atoms with E-state index in [0.717, 1.165) is 24.5 Å². The van der Waals surface area contributed by atoms with Gasteiger partial charge in [-0.2, -0.15) is 11.8 Å². The van der Waals surface area contributed by atoms with Crippen molar-refractivity contribution in [3.63, 3.8) is 0 Å². The lowest BCUT2D eigenvalue weighted by Crippen LogP contribution is -2.45. The fraction of sp³-hybridized carbons (Fsp3) is 0.840. The Morgan fingerprint density at radius 1 is 1.23 bits per heavy atom. The fourth-order valence-corrected chi connectivity index (χ4v) is 6.81. The van der Waals surface area contributed by atoms with Gasteiger partial charge in [0.25, 0.3) is 0 Å². The molecule has 6 atom stereocenters. The van der Waals surface area contributed by atoms with Crippen LogP contribution in [0.2, 0.25) is 0 Å². The SMILES string of the molecule is CSCCC1C(O)=C(C(=O)CC2CC3CCC2C3)C(O)N1C(=O)CC(C)CC(C)(C)C. The van der Waals surface area contributed by atoms with E-state index in [0.29, 0.717) is 31.1 Å². The summed E-state index contributed by atoms with van der Waals surface area (Å²) in [6.07, 6.45) is 7.56. The summed E-state index contributed by atoms with van der Waals surface area (Å²) in [6, 6.07) is -0.601. The third kappa shape index (κ3) is 5.68. The standard InChI is InChI=1S/C25H41NO4S/c1-15(14-25(2,3)4)10-21(28)26-19(8-9-31-5)23(29)22(24(26)30)20(27)13-18-12-16-6-7-17(18)11-16/h15-19,24,29-30H,6-14H2,1-5H3. The molecule has 2 aliphatic carbocycles. The lowest BCUT2D eigenvalue weighted by molar-refractivity contribution is -0.142. The summed E-state index contributed by atoms with van der Waals surface area (Å²) >= 11 is 1.63. The van der Waals surface area contributed by atoms with Crippen LogP contribution in [-0.2, 0) is 9.59 Å². The van der Waals surface area contributed by atoms with E-state index in [1.807, 2.05) is 6.26 Å². The van der Waals surface area contributed by atoms with Gasteiger partial charge in [0, 0.05) is 12.8 Å². The Kier molecular flexibility index (Phi) is 7.83. The van der Waals surface area contributed by atoms with Crippen molar-refractivity contribution < 1.29 is 19.8 Å². The van der Waals surface area contributed by atoms with Crippen LogP contribution in [-0.4, -0.2) is 51.1 Å². The van der Waals surface area contributed by atoms with E-state index in [-0.39, 0.29) is 34.4 Å². The predicted octanol–water partition coefficient (Wildman–Crippen LogP) is 4.94. The van der Waals surface area contributed by atoms with Gasteiger partial charge in [-0.1, -0.05) is 34.1 Å². The molecule has 2 fully saturated rings. The zero-order chi connectivity index (χ0) is 22.9. The summed E-state index contributed by atoms with van der Waals surface area (Å²) in [6.45, 7) is 8.51.